The van der Waals surface area contributed by atoms with Crippen molar-refractivity contribution in [3.8, 4) is 0 Å². The standard InChI is InChI=1S/C9H13N3O2/c1-7-3-2-4-8(11-6-5-10)9(7)12(13)14/h2-4,11H,5-6,10H2,1H3. The van der Waals surface area contributed by atoms with Crippen LogP contribution in [0.2, 0.25) is 0 Å². The molecule has 0 bridgehead atoms. The Kier molecular flexibility index (Phi) is 3.41. The Bertz CT molecular complexity index is 339. The number of nitro groups is 1. The lowest BCUT2D eigenvalue weighted by molar-refractivity contribution is -0.384. The number of nitrogens with two attached hydrogens (primary N) is 1. The quantitative estimate of drug-likeness (QED) is 0.560. The van der Waals surface area contributed by atoms with E-state index in [0.717, 1.165) is 0 Å². The van der Waals surface area contributed by atoms with E-state index in [1.165, 1.54) is 0 Å². The Hall–Kier alpha value is -1.62. The van der Waals surface area contributed by atoms with Crippen LogP contribution >= 0.6 is 0 Å². The van der Waals surface area contributed by atoms with Gasteiger partial charge in [-0.25, -0.2) is 0 Å². The summed E-state index contributed by atoms with van der Waals surface area (Å²) in [4.78, 5) is 10.4. The van der Waals surface area contributed by atoms with Crippen LogP contribution in [0.3, 0.4) is 0 Å². The van der Waals surface area contributed by atoms with Gasteiger partial charge in [0.1, 0.15) is 5.69 Å². The molecule has 0 radical (unpaired) electrons. The number of aryl methyl sites for hydroxylation is 1. The van der Waals surface area contributed by atoms with E-state index in [-0.39, 0.29) is 10.6 Å². The summed E-state index contributed by atoms with van der Waals surface area (Å²) in [6.45, 7) is 2.70. The molecule has 0 aliphatic carbocycles. The Morgan fingerprint density at radius 3 is 2.86 bits per heavy atom. The fourth-order valence-electron chi connectivity index (χ4n) is 1.25. The Morgan fingerprint density at radius 1 is 1.57 bits per heavy atom. The zero-order valence-corrected chi connectivity index (χ0v) is 7.99. The predicted molar refractivity (Wildman–Crippen MR) is 55.4 cm³/mol. The van der Waals surface area contributed by atoms with E-state index < -0.39 is 0 Å². The van der Waals surface area contributed by atoms with Crippen molar-refractivity contribution in [2.75, 3.05) is 18.4 Å². The molecule has 0 saturated heterocycles. The summed E-state index contributed by atoms with van der Waals surface area (Å²) in [6.07, 6.45) is 0. The van der Waals surface area contributed by atoms with Gasteiger partial charge in [0.2, 0.25) is 0 Å². The molecular formula is C9H13N3O2. The molecule has 0 unspecified atom stereocenters. The van der Waals surface area contributed by atoms with Crippen molar-refractivity contribution in [2.24, 2.45) is 5.73 Å². The van der Waals surface area contributed by atoms with Crippen LogP contribution in [0.25, 0.3) is 0 Å². The molecule has 0 spiro atoms. The number of benzene rings is 1. The molecule has 0 heterocycles. The van der Waals surface area contributed by atoms with Crippen LogP contribution in [-0.4, -0.2) is 18.0 Å². The van der Waals surface area contributed by atoms with Gasteiger partial charge in [0.25, 0.3) is 5.69 Å². The van der Waals surface area contributed by atoms with Gasteiger partial charge in [0.05, 0.1) is 4.92 Å². The predicted octanol–water partition coefficient (Wildman–Crippen LogP) is 1.27. The van der Waals surface area contributed by atoms with Gasteiger partial charge in [-0.05, 0) is 13.0 Å². The van der Waals surface area contributed by atoms with Crippen LogP contribution in [0.4, 0.5) is 11.4 Å². The maximum absolute atomic E-state index is 10.7. The van der Waals surface area contributed by atoms with Gasteiger partial charge in [-0.1, -0.05) is 12.1 Å². The maximum Gasteiger partial charge on any atom is 0.295 e. The number of nitrogens with one attached hydrogen (secondary N) is 1. The van der Waals surface area contributed by atoms with Gasteiger partial charge >= 0.3 is 0 Å². The summed E-state index contributed by atoms with van der Waals surface area (Å²) in [5.74, 6) is 0. The van der Waals surface area contributed by atoms with Crippen LogP contribution in [0.5, 0.6) is 0 Å². The summed E-state index contributed by atoms with van der Waals surface area (Å²) in [5.41, 5.74) is 6.61. The first-order chi connectivity index (χ1) is 6.66. The molecule has 1 aromatic rings. The Morgan fingerprint density at radius 2 is 2.29 bits per heavy atom. The number of hydrogen-bond acceptors (Lipinski definition) is 4. The summed E-state index contributed by atoms with van der Waals surface area (Å²) in [5, 5.41) is 13.7. The SMILES string of the molecule is Cc1cccc(NCCN)c1[N+](=O)[O-]. The number of rotatable bonds is 4. The monoisotopic (exact) mass is 195 g/mol. The molecule has 0 saturated carbocycles. The highest BCUT2D eigenvalue weighted by Gasteiger charge is 2.15. The number of nitrogens with zero attached hydrogens (tertiary/aromatic N) is 1. The molecule has 0 amide bonds. The highest BCUT2D eigenvalue weighted by Crippen LogP contribution is 2.27. The molecule has 3 N–H and O–H groups in total. The van der Waals surface area contributed by atoms with Crippen molar-refractivity contribution >= 4 is 11.4 Å². The second-order valence-corrected chi connectivity index (χ2v) is 2.94. The van der Waals surface area contributed by atoms with E-state index in [2.05, 4.69) is 5.32 Å². The van der Waals surface area contributed by atoms with E-state index in [1.54, 1.807) is 25.1 Å². The number of hydrogen-bond donors (Lipinski definition) is 2. The fraction of sp³-hybridized carbons (Fsp3) is 0.333. The first kappa shape index (κ1) is 10.5. The number of nitro benzene ring substituents is 1. The van der Waals surface area contributed by atoms with Crippen molar-refractivity contribution < 1.29 is 4.92 Å². The third-order valence-corrected chi connectivity index (χ3v) is 1.88. The molecule has 76 valence electrons. The number of para-hydroxylation sites is 1. The molecule has 0 atom stereocenters. The van der Waals surface area contributed by atoms with E-state index >= 15 is 0 Å². The molecule has 5 heteroatoms. The van der Waals surface area contributed by atoms with E-state index in [4.69, 9.17) is 5.73 Å². The summed E-state index contributed by atoms with van der Waals surface area (Å²) in [6, 6.07) is 5.17. The van der Waals surface area contributed by atoms with Crippen LogP contribution in [0.1, 0.15) is 5.56 Å². The lowest BCUT2D eigenvalue weighted by Gasteiger charge is -2.06. The summed E-state index contributed by atoms with van der Waals surface area (Å²) >= 11 is 0. The van der Waals surface area contributed by atoms with Gasteiger partial charge in [0.15, 0.2) is 0 Å². The average Bonchev–Trinajstić information content (AvgIpc) is 2.14. The highest BCUT2D eigenvalue weighted by molar-refractivity contribution is 5.64. The van der Waals surface area contributed by atoms with Gasteiger partial charge in [0, 0.05) is 18.7 Å². The zero-order valence-electron chi connectivity index (χ0n) is 7.99. The minimum Gasteiger partial charge on any atom is -0.378 e. The molecule has 1 rings (SSSR count). The molecule has 14 heavy (non-hydrogen) atoms. The van der Waals surface area contributed by atoms with Crippen LogP contribution in [-0.2, 0) is 0 Å². The Balaban J connectivity index is 3.02. The first-order valence-corrected chi connectivity index (χ1v) is 4.34. The largest absolute Gasteiger partial charge is 0.378 e. The Labute approximate surface area is 82.1 Å². The smallest absolute Gasteiger partial charge is 0.295 e. The average molecular weight is 195 g/mol. The van der Waals surface area contributed by atoms with Crippen molar-refractivity contribution in [3.05, 3.63) is 33.9 Å². The van der Waals surface area contributed by atoms with E-state index in [0.29, 0.717) is 24.3 Å². The van der Waals surface area contributed by atoms with Crippen LogP contribution < -0.4 is 11.1 Å². The molecule has 0 fully saturated rings. The molecule has 0 aliphatic rings. The van der Waals surface area contributed by atoms with Crippen molar-refractivity contribution in [1.82, 2.24) is 0 Å². The third kappa shape index (κ3) is 2.20. The summed E-state index contributed by atoms with van der Waals surface area (Å²) in [7, 11) is 0. The molecule has 0 aromatic heterocycles. The van der Waals surface area contributed by atoms with Gasteiger partial charge in [-0.2, -0.15) is 0 Å². The number of anilines is 1. The van der Waals surface area contributed by atoms with Gasteiger partial charge in [-0.3, -0.25) is 10.1 Å². The van der Waals surface area contributed by atoms with Crippen LogP contribution in [0.15, 0.2) is 18.2 Å². The first-order valence-electron chi connectivity index (χ1n) is 4.34. The lowest BCUT2D eigenvalue weighted by atomic mass is 10.1. The minimum absolute atomic E-state index is 0.126. The van der Waals surface area contributed by atoms with E-state index in [9.17, 15) is 10.1 Å². The van der Waals surface area contributed by atoms with E-state index in [1.807, 2.05) is 0 Å². The van der Waals surface area contributed by atoms with Crippen LogP contribution in [0, 0.1) is 17.0 Å². The fourth-order valence-corrected chi connectivity index (χ4v) is 1.25. The second-order valence-electron chi connectivity index (χ2n) is 2.94. The molecule has 0 aliphatic heterocycles. The zero-order chi connectivity index (χ0) is 10.6. The molecular weight excluding hydrogens is 182 g/mol. The topological polar surface area (TPSA) is 81.2 Å². The summed E-state index contributed by atoms with van der Waals surface area (Å²) < 4.78 is 0. The van der Waals surface area contributed by atoms with Gasteiger partial charge < -0.3 is 11.1 Å². The lowest BCUT2D eigenvalue weighted by Crippen LogP contribution is -2.14. The van der Waals surface area contributed by atoms with Gasteiger partial charge in [-0.15, -0.1) is 0 Å². The van der Waals surface area contributed by atoms with Crippen molar-refractivity contribution in [2.45, 2.75) is 6.92 Å². The highest BCUT2D eigenvalue weighted by atomic mass is 16.6. The molecule has 5 nitrogen and oxygen atoms in total. The normalized spacial score (nSPS) is 9.86. The van der Waals surface area contributed by atoms with Crippen molar-refractivity contribution in [3.63, 3.8) is 0 Å². The molecule has 1 aromatic carbocycles. The maximum atomic E-state index is 10.7. The second kappa shape index (κ2) is 4.57. The minimum atomic E-state index is -0.381. The third-order valence-electron chi connectivity index (χ3n) is 1.88. The van der Waals surface area contributed by atoms with Crippen molar-refractivity contribution in [1.29, 1.82) is 0 Å².